The SMILES string of the molecule is Cc1ncsc1-c1ccc(CNC(=O)[C@@H]2C[C@@H](O)CN2C(=O)[C@H](NC(=O)CCCCNC(=O)CN[C@H]2CCCN(C(=O)c3ccc(-c4ccc5ncc(-c6cc7ccccc7o6)n5n4)cc3)C2)C(C)(C)C)cc1. The Labute approximate surface area is 427 Å². The molecule has 9 rings (SSSR count). The lowest BCUT2D eigenvalue weighted by atomic mass is 9.85. The second-order valence-corrected chi connectivity index (χ2v) is 20.9. The molecule has 0 spiro atoms. The summed E-state index contributed by atoms with van der Waals surface area (Å²) >= 11 is 1.57. The number of aliphatic hydroxyl groups is 1. The topological polar surface area (TPSA) is 216 Å². The van der Waals surface area contributed by atoms with E-state index in [1.807, 2.05) is 129 Å². The molecule has 2 aliphatic rings. The van der Waals surface area contributed by atoms with Gasteiger partial charge in [-0.3, -0.25) is 24.0 Å². The van der Waals surface area contributed by atoms with Crippen molar-refractivity contribution in [3.8, 4) is 33.2 Å². The predicted octanol–water partition coefficient (Wildman–Crippen LogP) is 6.53. The molecule has 5 N–H and O–H groups in total. The van der Waals surface area contributed by atoms with Crippen LogP contribution in [0.5, 0.6) is 0 Å². The van der Waals surface area contributed by atoms with E-state index in [0.29, 0.717) is 49.4 Å². The van der Waals surface area contributed by atoms with Gasteiger partial charge in [0.25, 0.3) is 5.91 Å². The van der Waals surface area contributed by atoms with E-state index in [1.165, 1.54) is 4.90 Å². The molecule has 4 aromatic heterocycles. The fourth-order valence-electron chi connectivity index (χ4n) is 9.55. The van der Waals surface area contributed by atoms with E-state index in [9.17, 15) is 29.1 Å². The maximum Gasteiger partial charge on any atom is 0.253 e. The standard InChI is InChI=1S/C55H62N10O7S/c1-34-50(73-33-60-34)37-16-14-35(15-17-37)28-59-52(69)43-27-41(66)32-64(43)54(71)51(55(2,3)4)61-48(67)13-7-8-24-56-49(68)30-57-40-11-9-25-63(31-40)53(70)38-20-18-36(19-21-38)42-22-23-47-58-29-44(65(47)62-42)46-26-39-10-5-6-12-45(39)72-46/h5-6,10,12,14-23,26,29,33,40-41,43,51,57,66H,7-9,11,13,24-25,27-28,30-32H2,1-4H3,(H,56,68)(H,59,69)(H,61,67)/t40-,41+,43-,51-/m0/s1. The van der Waals surface area contributed by atoms with Crippen LogP contribution in [0.25, 0.3) is 49.8 Å². The number of hydrogen-bond donors (Lipinski definition) is 5. The molecule has 2 aliphatic heterocycles. The van der Waals surface area contributed by atoms with Crippen molar-refractivity contribution < 1.29 is 33.5 Å². The van der Waals surface area contributed by atoms with Gasteiger partial charge in [0, 0.05) is 68.1 Å². The molecular formula is C55H62N10O7S. The summed E-state index contributed by atoms with van der Waals surface area (Å²) in [6, 6.07) is 27.1. The lowest BCUT2D eigenvalue weighted by Gasteiger charge is -2.35. The number of para-hydroxylation sites is 1. The van der Waals surface area contributed by atoms with Gasteiger partial charge in [-0.2, -0.15) is 5.10 Å². The molecule has 6 heterocycles. The number of aromatic nitrogens is 4. The first kappa shape index (κ1) is 50.7. The number of aryl methyl sites for hydroxylation is 1. The number of fused-ring (bicyclic) bond motifs is 2. The Morgan fingerprint density at radius 3 is 2.42 bits per heavy atom. The summed E-state index contributed by atoms with van der Waals surface area (Å²) in [4.78, 5) is 80.4. The number of nitrogens with one attached hydrogen (secondary N) is 4. The Morgan fingerprint density at radius 2 is 1.67 bits per heavy atom. The van der Waals surface area contributed by atoms with Crippen LogP contribution in [0.15, 0.2) is 107 Å². The average Bonchev–Trinajstić information content (AvgIpc) is 4.22. The maximum absolute atomic E-state index is 14.1. The summed E-state index contributed by atoms with van der Waals surface area (Å²) in [6.45, 7) is 9.31. The largest absolute Gasteiger partial charge is 0.454 e. The highest BCUT2D eigenvalue weighted by Gasteiger charge is 2.44. The first-order valence-electron chi connectivity index (χ1n) is 25.0. The van der Waals surface area contributed by atoms with Crippen molar-refractivity contribution >= 4 is 57.5 Å². The smallest absolute Gasteiger partial charge is 0.253 e. The highest BCUT2D eigenvalue weighted by Crippen LogP contribution is 2.31. The Morgan fingerprint density at radius 1 is 0.890 bits per heavy atom. The molecule has 0 saturated carbocycles. The van der Waals surface area contributed by atoms with Gasteiger partial charge in [-0.05, 0) is 85.5 Å². The number of piperidine rings is 1. The van der Waals surface area contributed by atoms with Crippen LogP contribution in [-0.2, 0) is 25.7 Å². The van der Waals surface area contributed by atoms with E-state index in [1.54, 1.807) is 22.0 Å². The fourth-order valence-corrected chi connectivity index (χ4v) is 10.4. The minimum absolute atomic E-state index is 0.0123. The summed E-state index contributed by atoms with van der Waals surface area (Å²) in [6.07, 6.45) is 3.77. The van der Waals surface area contributed by atoms with Crippen LogP contribution in [0.4, 0.5) is 0 Å². The normalized spacial score (nSPS) is 17.5. The zero-order chi connectivity index (χ0) is 51.2. The zero-order valence-electron chi connectivity index (χ0n) is 41.6. The summed E-state index contributed by atoms with van der Waals surface area (Å²) in [5, 5.41) is 28.6. The molecular weight excluding hydrogens is 945 g/mol. The fraction of sp³-hybridized carbons (Fsp3) is 0.382. The van der Waals surface area contributed by atoms with Crippen molar-refractivity contribution in [1.29, 1.82) is 0 Å². The van der Waals surface area contributed by atoms with E-state index in [2.05, 4.69) is 31.2 Å². The number of nitrogens with zero attached hydrogens (tertiary/aromatic N) is 6. The molecule has 18 heteroatoms. The van der Waals surface area contributed by atoms with Crippen LogP contribution < -0.4 is 21.3 Å². The predicted molar refractivity (Wildman–Crippen MR) is 279 cm³/mol. The monoisotopic (exact) mass is 1010 g/mol. The van der Waals surface area contributed by atoms with Crippen molar-refractivity contribution in [3.63, 3.8) is 0 Å². The summed E-state index contributed by atoms with van der Waals surface area (Å²) in [5.74, 6) is -0.689. The number of benzene rings is 3. The maximum atomic E-state index is 14.1. The zero-order valence-corrected chi connectivity index (χ0v) is 42.4. The van der Waals surface area contributed by atoms with E-state index in [4.69, 9.17) is 9.52 Å². The van der Waals surface area contributed by atoms with E-state index < -0.39 is 29.5 Å². The summed E-state index contributed by atoms with van der Waals surface area (Å²) in [7, 11) is 0. The molecule has 380 valence electrons. The molecule has 0 bridgehead atoms. The lowest BCUT2D eigenvalue weighted by Crippen LogP contribution is -2.57. The molecule has 3 aromatic carbocycles. The number of hydrogen-bond acceptors (Lipinski definition) is 12. The van der Waals surface area contributed by atoms with Gasteiger partial charge in [0.1, 0.15) is 23.4 Å². The summed E-state index contributed by atoms with van der Waals surface area (Å²) in [5.41, 5.74) is 8.39. The number of thiazole rings is 1. The Hall–Kier alpha value is -7.28. The highest BCUT2D eigenvalue weighted by atomic mass is 32.1. The molecule has 0 radical (unpaired) electrons. The quantitative estimate of drug-likeness (QED) is 0.0618. The van der Waals surface area contributed by atoms with Gasteiger partial charge in [-0.1, -0.05) is 75.4 Å². The van der Waals surface area contributed by atoms with Crippen LogP contribution in [0, 0.1) is 12.3 Å². The first-order chi connectivity index (χ1) is 35.2. The molecule has 0 unspecified atom stereocenters. The molecule has 2 saturated heterocycles. The molecule has 5 amide bonds. The lowest BCUT2D eigenvalue weighted by molar-refractivity contribution is -0.144. The van der Waals surface area contributed by atoms with Crippen molar-refractivity contribution in [2.45, 2.75) is 97.0 Å². The third kappa shape index (κ3) is 12.0. The van der Waals surface area contributed by atoms with Crippen molar-refractivity contribution in [2.24, 2.45) is 5.41 Å². The Balaban J connectivity index is 0.689. The second-order valence-electron chi connectivity index (χ2n) is 20.1. The van der Waals surface area contributed by atoms with Gasteiger partial charge in [-0.25, -0.2) is 14.5 Å². The third-order valence-corrected chi connectivity index (χ3v) is 14.6. The van der Waals surface area contributed by atoms with Crippen molar-refractivity contribution in [3.05, 3.63) is 120 Å². The number of unbranched alkanes of at least 4 members (excludes halogenated alkanes) is 1. The Bertz CT molecular complexity index is 3070. The number of β-amino-alcohol motifs (C(OH)–C–C–N with tert-alkyl or cyclic N) is 1. The van der Waals surface area contributed by atoms with E-state index in [-0.39, 0.29) is 62.1 Å². The molecule has 7 aromatic rings. The number of carbonyl (C=O) groups excluding carboxylic acids is 5. The van der Waals surface area contributed by atoms with Gasteiger partial charge in [-0.15, -0.1) is 11.3 Å². The van der Waals surface area contributed by atoms with Crippen LogP contribution in [0.3, 0.4) is 0 Å². The van der Waals surface area contributed by atoms with Gasteiger partial charge >= 0.3 is 0 Å². The number of furan rings is 1. The van der Waals surface area contributed by atoms with Crippen LogP contribution >= 0.6 is 11.3 Å². The molecule has 17 nitrogen and oxygen atoms in total. The number of amides is 5. The Kier molecular flexibility index (Phi) is 15.4. The van der Waals surface area contributed by atoms with E-state index in [0.717, 1.165) is 62.5 Å². The summed E-state index contributed by atoms with van der Waals surface area (Å²) < 4.78 is 7.86. The minimum atomic E-state index is -0.932. The van der Waals surface area contributed by atoms with E-state index >= 15 is 0 Å². The van der Waals surface area contributed by atoms with Crippen LogP contribution in [0.1, 0.15) is 80.9 Å². The number of carbonyl (C=O) groups is 5. The number of likely N-dealkylation sites (tertiary alicyclic amines) is 2. The number of rotatable bonds is 17. The van der Waals surface area contributed by atoms with Crippen LogP contribution in [-0.4, -0.2) is 121 Å². The van der Waals surface area contributed by atoms with Crippen LogP contribution in [0.2, 0.25) is 0 Å². The second kappa shape index (κ2) is 22.2. The molecule has 0 aliphatic carbocycles. The molecule has 73 heavy (non-hydrogen) atoms. The highest BCUT2D eigenvalue weighted by molar-refractivity contribution is 7.13. The van der Waals surface area contributed by atoms with Gasteiger partial charge in [0.15, 0.2) is 11.4 Å². The molecule has 2 fully saturated rings. The minimum Gasteiger partial charge on any atom is -0.454 e. The van der Waals surface area contributed by atoms with Crippen molar-refractivity contribution in [1.82, 2.24) is 50.6 Å². The first-order valence-corrected chi connectivity index (χ1v) is 25.8. The molecule has 4 atom stereocenters. The number of aliphatic hydroxyl groups excluding tert-OH is 1. The third-order valence-electron chi connectivity index (χ3n) is 13.6. The van der Waals surface area contributed by atoms with Gasteiger partial charge < -0.3 is 40.6 Å². The average molecular weight is 1010 g/mol. The van der Waals surface area contributed by atoms with Gasteiger partial charge in [0.05, 0.1) is 40.6 Å². The number of imidazole rings is 1. The van der Waals surface area contributed by atoms with Gasteiger partial charge in [0.2, 0.25) is 23.6 Å². The van der Waals surface area contributed by atoms with Crippen molar-refractivity contribution in [2.75, 3.05) is 32.7 Å².